The molecule has 0 aromatic carbocycles. The zero-order chi connectivity index (χ0) is 9.97. The van der Waals surface area contributed by atoms with Crippen LogP contribution in [-0.2, 0) is 0 Å². The van der Waals surface area contributed by atoms with Gasteiger partial charge in [0.15, 0.2) is 5.75 Å². The van der Waals surface area contributed by atoms with E-state index in [4.69, 9.17) is 10.00 Å². The second-order valence-electron chi connectivity index (χ2n) is 3.64. The highest BCUT2D eigenvalue weighted by molar-refractivity contribution is 5.40. The van der Waals surface area contributed by atoms with E-state index in [1.54, 1.807) is 18.5 Å². The molecular weight excluding hydrogens is 176 g/mol. The van der Waals surface area contributed by atoms with Gasteiger partial charge in [0.05, 0.1) is 17.9 Å². The van der Waals surface area contributed by atoms with E-state index >= 15 is 0 Å². The van der Waals surface area contributed by atoms with Gasteiger partial charge in [-0.2, -0.15) is 5.26 Å². The zero-order valence-electron chi connectivity index (χ0n) is 8.10. The molecule has 14 heavy (non-hydrogen) atoms. The predicted octanol–water partition coefficient (Wildman–Crippen LogP) is 2.13. The molecule has 1 heterocycles. The van der Waals surface area contributed by atoms with E-state index in [0.717, 1.165) is 0 Å². The van der Waals surface area contributed by atoms with Crippen molar-refractivity contribution in [1.29, 1.82) is 5.26 Å². The van der Waals surface area contributed by atoms with Crippen molar-refractivity contribution in [1.82, 2.24) is 4.98 Å². The number of aromatic nitrogens is 1. The molecule has 1 aliphatic carbocycles. The molecule has 1 aliphatic rings. The van der Waals surface area contributed by atoms with Gasteiger partial charge in [-0.05, 0) is 31.7 Å². The van der Waals surface area contributed by atoms with Crippen LogP contribution in [0.5, 0.6) is 5.75 Å². The zero-order valence-corrected chi connectivity index (χ0v) is 8.10. The van der Waals surface area contributed by atoms with Gasteiger partial charge in [0, 0.05) is 6.20 Å². The number of rotatable bonds is 3. The van der Waals surface area contributed by atoms with E-state index in [2.05, 4.69) is 11.1 Å². The Balaban J connectivity index is 2.11. The Hall–Kier alpha value is -1.56. The quantitative estimate of drug-likeness (QED) is 0.730. The molecule has 0 spiro atoms. The number of nitriles is 1. The molecule has 1 fully saturated rings. The molecule has 0 saturated heterocycles. The molecule has 3 heteroatoms. The molecule has 1 unspecified atom stereocenters. The van der Waals surface area contributed by atoms with E-state index in [0.29, 0.717) is 17.2 Å². The number of pyridine rings is 1. The highest BCUT2D eigenvalue weighted by Crippen LogP contribution is 2.34. The molecule has 0 radical (unpaired) electrons. The molecule has 1 atom stereocenters. The van der Waals surface area contributed by atoms with Crippen LogP contribution in [0.15, 0.2) is 18.5 Å². The lowest BCUT2D eigenvalue weighted by molar-refractivity contribution is 0.197. The smallest absolute Gasteiger partial charge is 0.155 e. The van der Waals surface area contributed by atoms with Crippen LogP contribution in [0.25, 0.3) is 0 Å². The summed E-state index contributed by atoms with van der Waals surface area (Å²) in [5.74, 6) is 1.27. The summed E-state index contributed by atoms with van der Waals surface area (Å²) in [6.07, 6.45) is 5.89. The minimum Gasteiger partial charge on any atom is -0.487 e. The SMILES string of the molecule is CC(Oc1cnccc1C#N)C1CC1. The molecular formula is C11H12N2O. The first-order valence-electron chi connectivity index (χ1n) is 4.82. The first kappa shape index (κ1) is 9.01. The molecule has 1 saturated carbocycles. The summed E-state index contributed by atoms with van der Waals surface area (Å²) in [5.41, 5.74) is 0.562. The van der Waals surface area contributed by atoms with Gasteiger partial charge >= 0.3 is 0 Å². The monoisotopic (exact) mass is 188 g/mol. The number of nitrogens with zero attached hydrogens (tertiary/aromatic N) is 2. The normalized spacial score (nSPS) is 17.1. The van der Waals surface area contributed by atoms with Gasteiger partial charge in [-0.25, -0.2) is 0 Å². The fourth-order valence-corrected chi connectivity index (χ4v) is 1.43. The van der Waals surface area contributed by atoms with E-state index in [9.17, 15) is 0 Å². The lowest BCUT2D eigenvalue weighted by atomic mass is 10.2. The van der Waals surface area contributed by atoms with Crippen molar-refractivity contribution in [3.8, 4) is 11.8 Å². The molecule has 0 aliphatic heterocycles. The first-order valence-corrected chi connectivity index (χ1v) is 4.82. The van der Waals surface area contributed by atoms with Crippen LogP contribution >= 0.6 is 0 Å². The topological polar surface area (TPSA) is 45.9 Å². The molecule has 2 rings (SSSR count). The Morgan fingerprint density at radius 3 is 3.07 bits per heavy atom. The minimum absolute atomic E-state index is 0.200. The van der Waals surface area contributed by atoms with Crippen LogP contribution < -0.4 is 4.74 Å². The Kier molecular flexibility index (Phi) is 2.36. The second kappa shape index (κ2) is 3.67. The highest BCUT2D eigenvalue weighted by Gasteiger charge is 2.29. The summed E-state index contributed by atoms with van der Waals surface area (Å²) in [6.45, 7) is 2.05. The average molecular weight is 188 g/mol. The molecule has 0 bridgehead atoms. The maximum absolute atomic E-state index is 8.83. The summed E-state index contributed by atoms with van der Waals surface area (Å²) in [5, 5.41) is 8.83. The maximum Gasteiger partial charge on any atom is 0.155 e. The van der Waals surface area contributed by atoms with Crippen LogP contribution in [0.4, 0.5) is 0 Å². The number of hydrogen-bond donors (Lipinski definition) is 0. The summed E-state index contributed by atoms with van der Waals surface area (Å²) in [7, 11) is 0. The van der Waals surface area contributed by atoms with Crippen LogP contribution in [-0.4, -0.2) is 11.1 Å². The predicted molar refractivity (Wildman–Crippen MR) is 51.8 cm³/mol. The molecule has 1 aromatic heterocycles. The average Bonchev–Trinajstić information content (AvgIpc) is 3.02. The van der Waals surface area contributed by atoms with Crippen molar-refractivity contribution in [3.63, 3.8) is 0 Å². The summed E-state index contributed by atoms with van der Waals surface area (Å²) in [6, 6.07) is 3.77. The Bertz CT molecular complexity index is 366. The fourth-order valence-electron chi connectivity index (χ4n) is 1.43. The van der Waals surface area contributed by atoms with Gasteiger partial charge in [-0.15, -0.1) is 0 Å². The van der Waals surface area contributed by atoms with Crippen LogP contribution in [0.3, 0.4) is 0 Å². The van der Waals surface area contributed by atoms with Gasteiger partial charge in [0.25, 0.3) is 0 Å². The lowest BCUT2D eigenvalue weighted by Gasteiger charge is -2.13. The van der Waals surface area contributed by atoms with Crippen molar-refractivity contribution in [2.75, 3.05) is 0 Å². The van der Waals surface area contributed by atoms with Crippen molar-refractivity contribution in [2.24, 2.45) is 5.92 Å². The standard InChI is InChI=1S/C11H12N2O/c1-8(9-2-3-9)14-11-7-13-5-4-10(11)6-12/h4-5,7-9H,2-3H2,1H3. The third kappa shape index (κ3) is 1.85. The fraction of sp³-hybridized carbons (Fsp3) is 0.455. The minimum atomic E-state index is 0.200. The molecule has 1 aromatic rings. The number of hydrogen-bond acceptors (Lipinski definition) is 3. The van der Waals surface area contributed by atoms with Crippen molar-refractivity contribution >= 4 is 0 Å². The van der Waals surface area contributed by atoms with Gasteiger partial charge in [0.2, 0.25) is 0 Å². The van der Waals surface area contributed by atoms with E-state index < -0.39 is 0 Å². The van der Waals surface area contributed by atoms with Crippen LogP contribution in [0.1, 0.15) is 25.3 Å². The van der Waals surface area contributed by atoms with Crippen molar-refractivity contribution < 1.29 is 4.74 Å². The van der Waals surface area contributed by atoms with E-state index in [-0.39, 0.29) is 6.10 Å². The van der Waals surface area contributed by atoms with E-state index in [1.165, 1.54) is 12.8 Å². The summed E-state index contributed by atoms with van der Waals surface area (Å²) < 4.78 is 5.68. The van der Waals surface area contributed by atoms with E-state index in [1.807, 2.05) is 6.92 Å². The molecule has 0 N–H and O–H groups in total. The maximum atomic E-state index is 8.83. The van der Waals surface area contributed by atoms with Crippen molar-refractivity contribution in [3.05, 3.63) is 24.0 Å². The molecule has 0 amide bonds. The Morgan fingerprint density at radius 2 is 2.43 bits per heavy atom. The third-order valence-corrected chi connectivity index (χ3v) is 2.50. The first-order chi connectivity index (χ1) is 6.81. The second-order valence-corrected chi connectivity index (χ2v) is 3.64. The number of ether oxygens (including phenoxy) is 1. The van der Waals surface area contributed by atoms with Gasteiger partial charge in [0.1, 0.15) is 6.07 Å². The molecule has 3 nitrogen and oxygen atoms in total. The highest BCUT2D eigenvalue weighted by atomic mass is 16.5. The summed E-state index contributed by atoms with van der Waals surface area (Å²) >= 11 is 0. The summed E-state index contributed by atoms with van der Waals surface area (Å²) in [4.78, 5) is 3.95. The van der Waals surface area contributed by atoms with Gasteiger partial charge in [-0.1, -0.05) is 0 Å². The Morgan fingerprint density at radius 1 is 1.64 bits per heavy atom. The van der Waals surface area contributed by atoms with Gasteiger partial charge < -0.3 is 4.74 Å². The van der Waals surface area contributed by atoms with Crippen molar-refractivity contribution in [2.45, 2.75) is 25.9 Å². The van der Waals surface area contributed by atoms with Crippen LogP contribution in [0, 0.1) is 17.2 Å². The lowest BCUT2D eigenvalue weighted by Crippen LogP contribution is -2.14. The third-order valence-electron chi connectivity index (χ3n) is 2.50. The molecule has 72 valence electrons. The Labute approximate surface area is 83.3 Å². The van der Waals surface area contributed by atoms with Crippen LogP contribution in [0.2, 0.25) is 0 Å². The largest absolute Gasteiger partial charge is 0.487 e. The van der Waals surface area contributed by atoms with Gasteiger partial charge in [-0.3, -0.25) is 4.98 Å².